The molecule has 0 aromatic carbocycles. The lowest BCUT2D eigenvalue weighted by molar-refractivity contribution is 0.437. The van der Waals surface area contributed by atoms with Crippen LogP contribution in [0.15, 0.2) is 15.3 Å². The Morgan fingerprint density at radius 1 is 1.54 bits per heavy atom. The molecule has 0 aliphatic heterocycles. The molecule has 0 bridgehead atoms. The van der Waals surface area contributed by atoms with Gasteiger partial charge in [-0.2, -0.15) is 5.26 Å². The van der Waals surface area contributed by atoms with Gasteiger partial charge in [-0.05, 0) is 18.6 Å². The molecule has 0 spiro atoms. The van der Waals surface area contributed by atoms with E-state index in [0.717, 1.165) is 0 Å². The molecule has 3 heteroatoms. The molecule has 1 heterocycles. The number of hydrogen-bond acceptors (Lipinski definition) is 3. The van der Waals surface area contributed by atoms with Crippen molar-refractivity contribution in [2.24, 2.45) is 0 Å². The molecule has 1 aromatic heterocycles. The van der Waals surface area contributed by atoms with Crippen molar-refractivity contribution in [2.75, 3.05) is 0 Å². The fraction of sp³-hybridized carbons (Fsp3) is 0.400. The Morgan fingerprint density at radius 3 is 2.54 bits per heavy atom. The fourth-order valence-corrected chi connectivity index (χ4v) is 1.05. The zero-order chi connectivity index (χ0) is 10.0. The maximum atomic E-state index is 11.2. The SMILES string of the molecule is Cc1cc(C(C)C)oc(=O)c1C#N. The molecule has 0 atom stereocenters. The average Bonchev–Trinajstić information content (AvgIpc) is 2.03. The van der Waals surface area contributed by atoms with Gasteiger partial charge in [-0.15, -0.1) is 0 Å². The number of aryl methyl sites for hydroxylation is 1. The van der Waals surface area contributed by atoms with Gasteiger partial charge in [0.25, 0.3) is 0 Å². The van der Waals surface area contributed by atoms with Gasteiger partial charge in [0.1, 0.15) is 17.4 Å². The molecule has 0 aliphatic carbocycles. The summed E-state index contributed by atoms with van der Waals surface area (Å²) in [6.45, 7) is 5.61. The summed E-state index contributed by atoms with van der Waals surface area (Å²) in [5, 5.41) is 8.62. The molecule has 0 N–H and O–H groups in total. The van der Waals surface area contributed by atoms with Crippen LogP contribution < -0.4 is 5.63 Å². The highest BCUT2D eigenvalue weighted by Gasteiger charge is 2.09. The molecular weight excluding hydrogens is 166 g/mol. The van der Waals surface area contributed by atoms with Crippen LogP contribution in [0.5, 0.6) is 0 Å². The predicted octanol–water partition coefficient (Wildman–Crippen LogP) is 1.94. The van der Waals surface area contributed by atoms with Gasteiger partial charge in [0.2, 0.25) is 0 Å². The highest BCUT2D eigenvalue weighted by atomic mass is 16.4. The van der Waals surface area contributed by atoms with Crippen LogP contribution in [-0.2, 0) is 0 Å². The smallest absolute Gasteiger partial charge is 0.354 e. The molecule has 0 saturated heterocycles. The second-order valence-electron chi connectivity index (χ2n) is 3.26. The van der Waals surface area contributed by atoms with Gasteiger partial charge in [0.05, 0.1) is 0 Å². The average molecular weight is 177 g/mol. The van der Waals surface area contributed by atoms with Crippen molar-refractivity contribution < 1.29 is 4.42 Å². The minimum atomic E-state index is -0.536. The van der Waals surface area contributed by atoms with Gasteiger partial charge in [-0.1, -0.05) is 13.8 Å². The minimum Gasteiger partial charge on any atom is -0.427 e. The van der Waals surface area contributed by atoms with E-state index in [1.54, 1.807) is 13.0 Å². The summed E-state index contributed by atoms with van der Waals surface area (Å²) in [6.07, 6.45) is 0. The Labute approximate surface area is 76.6 Å². The van der Waals surface area contributed by atoms with E-state index < -0.39 is 5.63 Å². The summed E-state index contributed by atoms with van der Waals surface area (Å²) in [4.78, 5) is 11.2. The second-order valence-corrected chi connectivity index (χ2v) is 3.26. The number of nitriles is 1. The summed E-state index contributed by atoms with van der Waals surface area (Å²) in [7, 11) is 0. The van der Waals surface area contributed by atoms with Gasteiger partial charge in [0.15, 0.2) is 0 Å². The van der Waals surface area contributed by atoms with Crippen LogP contribution >= 0.6 is 0 Å². The van der Waals surface area contributed by atoms with Crippen molar-refractivity contribution in [1.82, 2.24) is 0 Å². The first kappa shape index (κ1) is 9.53. The Hall–Kier alpha value is -1.56. The summed E-state index contributed by atoms with van der Waals surface area (Å²) < 4.78 is 4.96. The van der Waals surface area contributed by atoms with Gasteiger partial charge < -0.3 is 4.42 Å². The van der Waals surface area contributed by atoms with Crippen LogP contribution in [0.4, 0.5) is 0 Å². The maximum Gasteiger partial charge on any atom is 0.354 e. The highest BCUT2D eigenvalue weighted by Crippen LogP contribution is 2.14. The molecular formula is C10H11NO2. The first-order chi connectivity index (χ1) is 6.06. The zero-order valence-corrected chi connectivity index (χ0v) is 7.92. The third-order valence-electron chi connectivity index (χ3n) is 1.85. The van der Waals surface area contributed by atoms with Gasteiger partial charge in [0, 0.05) is 5.92 Å². The molecule has 3 nitrogen and oxygen atoms in total. The zero-order valence-electron chi connectivity index (χ0n) is 7.92. The second kappa shape index (κ2) is 3.44. The van der Waals surface area contributed by atoms with Crippen molar-refractivity contribution in [2.45, 2.75) is 26.7 Å². The highest BCUT2D eigenvalue weighted by molar-refractivity contribution is 5.34. The van der Waals surface area contributed by atoms with Crippen molar-refractivity contribution in [3.63, 3.8) is 0 Å². The fourth-order valence-electron chi connectivity index (χ4n) is 1.05. The number of rotatable bonds is 1. The Kier molecular flexibility index (Phi) is 2.52. The third kappa shape index (κ3) is 1.78. The standard InChI is InChI=1S/C10H11NO2/c1-6(2)9-4-7(3)8(5-11)10(12)13-9/h4,6H,1-3H3. The minimum absolute atomic E-state index is 0.101. The largest absolute Gasteiger partial charge is 0.427 e. The maximum absolute atomic E-state index is 11.2. The van der Waals surface area contributed by atoms with Crippen molar-refractivity contribution in [1.29, 1.82) is 5.26 Å². The first-order valence-electron chi connectivity index (χ1n) is 4.11. The van der Waals surface area contributed by atoms with Crippen LogP contribution in [0.3, 0.4) is 0 Å². The molecule has 0 amide bonds. The van der Waals surface area contributed by atoms with Crippen LogP contribution in [0.25, 0.3) is 0 Å². The molecule has 13 heavy (non-hydrogen) atoms. The van der Waals surface area contributed by atoms with E-state index in [2.05, 4.69) is 0 Å². The molecule has 1 rings (SSSR count). The molecule has 0 unspecified atom stereocenters. The van der Waals surface area contributed by atoms with E-state index in [4.69, 9.17) is 9.68 Å². The van der Waals surface area contributed by atoms with Crippen molar-refractivity contribution >= 4 is 0 Å². The van der Waals surface area contributed by atoms with Crippen molar-refractivity contribution in [3.8, 4) is 6.07 Å². The lowest BCUT2D eigenvalue weighted by Crippen LogP contribution is -2.08. The van der Waals surface area contributed by atoms with Gasteiger partial charge >= 0.3 is 5.63 Å². The molecule has 68 valence electrons. The molecule has 0 fully saturated rings. The van der Waals surface area contributed by atoms with Crippen LogP contribution in [0.2, 0.25) is 0 Å². The number of hydrogen-bond donors (Lipinski definition) is 0. The lowest BCUT2D eigenvalue weighted by atomic mass is 10.1. The van der Waals surface area contributed by atoms with E-state index in [1.165, 1.54) is 0 Å². The van der Waals surface area contributed by atoms with E-state index in [9.17, 15) is 4.79 Å². The monoisotopic (exact) mass is 177 g/mol. The first-order valence-corrected chi connectivity index (χ1v) is 4.11. The summed E-state index contributed by atoms with van der Waals surface area (Å²) in [6, 6.07) is 3.56. The Morgan fingerprint density at radius 2 is 2.15 bits per heavy atom. The van der Waals surface area contributed by atoms with Gasteiger partial charge in [-0.25, -0.2) is 4.79 Å². The molecule has 0 radical (unpaired) electrons. The van der Waals surface area contributed by atoms with Crippen LogP contribution in [0.1, 0.15) is 36.7 Å². The van der Waals surface area contributed by atoms with Gasteiger partial charge in [-0.3, -0.25) is 0 Å². The Bertz CT molecular complexity index is 410. The number of nitrogens with zero attached hydrogens (tertiary/aromatic N) is 1. The molecule has 1 aromatic rings. The quantitative estimate of drug-likeness (QED) is 0.658. The van der Waals surface area contributed by atoms with E-state index in [0.29, 0.717) is 11.3 Å². The lowest BCUT2D eigenvalue weighted by Gasteiger charge is -2.04. The summed E-state index contributed by atoms with van der Waals surface area (Å²) >= 11 is 0. The third-order valence-corrected chi connectivity index (χ3v) is 1.85. The van der Waals surface area contributed by atoms with E-state index in [-0.39, 0.29) is 11.5 Å². The molecule has 0 aliphatic rings. The van der Waals surface area contributed by atoms with Crippen LogP contribution in [0, 0.1) is 18.3 Å². The topological polar surface area (TPSA) is 54.0 Å². The van der Waals surface area contributed by atoms with E-state index in [1.807, 2.05) is 19.9 Å². The molecule has 0 saturated carbocycles. The normalized spacial score (nSPS) is 10.1. The van der Waals surface area contributed by atoms with E-state index >= 15 is 0 Å². The summed E-state index contributed by atoms with van der Waals surface area (Å²) in [5.41, 5.74) is 0.248. The van der Waals surface area contributed by atoms with Crippen molar-refractivity contribution in [3.05, 3.63) is 33.4 Å². The van der Waals surface area contributed by atoms with Crippen LogP contribution in [-0.4, -0.2) is 0 Å². The summed E-state index contributed by atoms with van der Waals surface area (Å²) in [5.74, 6) is 0.792. The predicted molar refractivity (Wildman–Crippen MR) is 48.5 cm³/mol. The Balaban J connectivity index is 3.40.